The van der Waals surface area contributed by atoms with E-state index < -0.39 is 5.60 Å². The molecule has 3 heteroatoms. The Kier molecular flexibility index (Phi) is 3.62. The fraction of sp³-hybridized carbons (Fsp3) is 0.235. The monoisotopic (exact) mass is 330 g/mol. The average molecular weight is 331 g/mol. The summed E-state index contributed by atoms with van der Waals surface area (Å²) in [6, 6.07) is 20.1. The highest BCUT2D eigenvalue weighted by Crippen LogP contribution is 2.50. The summed E-state index contributed by atoms with van der Waals surface area (Å²) >= 11 is 3.76. The Morgan fingerprint density at radius 2 is 1.60 bits per heavy atom. The third kappa shape index (κ3) is 2.27. The van der Waals surface area contributed by atoms with Gasteiger partial charge in [0.2, 0.25) is 0 Å². The molecule has 2 aromatic rings. The lowest BCUT2D eigenvalue weighted by Crippen LogP contribution is -2.30. The number of hydrogen-bond donors (Lipinski definition) is 0. The van der Waals surface area contributed by atoms with E-state index in [4.69, 9.17) is 4.74 Å². The van der Waals surface area contributed by atoms with E-state index in [0.717, 1.165) is 11.1 Å². The summed E-state index contributed by atoms with van der Waals surface area (Å²) in [4.78, 5) is 11.7. The molecule has 0 radical (unpaired) electrons. The molecule has 1 saturated heterocycles. The van der Waals surface area contributed by atoms with Crippen LogP contribution in [0.15, 0.2) is 60.7 Å². The van der Waals surface area contributed by atoms with Crippen LogP contribution in [0, 0.1) is 0 Å². The first-order valence-corrected chi connectivity index (χ1v) is 7.60. The molecule has 1 fully saturated rings. The number of ether oxygens (including phenoxy) is 1. The predicted octanol–water partition coefficient (Wildman–Crippen LogP) is 4.36. The molecule has 2 nitrogen and oxygen atoms in total. The van der Waals surface area contributed by atoms with Crippen LogP contribution >= 0.6 is 15.9 Å². The molecule has 3 rings (SSSR count). The van der Waals surface area contributed by atoms with E-state index in [-0.39, 0.29) is 10.8 Å². The van der Waals surface area contributed by atoms with Crippen molar-refractivity contribution in [1.29, 1.82) is 0 Å². The van der Waals surface area contributed by atoms with Crippen molar-refractivity contribution in [3.8, 4) is 0 Å². The van der Waals surface area contributed by atoms with Crippen molar-refractivity contribution in [2.24, 2.45) is 0 Å². The van der Waals surface area contributed by atoms with Crippen LogP contribution in [0.4, 0.5) is 0 Å². The van der Waals surface area contributed by atoms with Crippen LogP contribution in [0.25, 0.3) is 0 Å². The molecule has 102 valence electrons. The number of halogens is 1. The summed E-state index contributed by atoms with van der Waals surface area (Å²) in [7, 11) is 0. The third-order valence-electron chi connectivity index (χ3n) is 3.76. The summed E-state index contributed by atoms with van der Waals surface area (Å²) < 4.78 is 5.77. The van der Waals surface area contributed by atoms with Crippen molar-refractivity contribution < 1.29 is 9.53 Å². The van der Waals surface area contributed by atoms with Crippen LogP contribution in [-0.4, -0.2) is 5.97 Å². The highest BCUT2D eigenvalue weighted by Gasteiger charge is 2.48. The molecule has 0 aromatic heterocycles. The van der Waals surface area contributed by atoms with Crippen molar-refractivity contribution in [1.82, 2.24) is 0 Å². The quantitative estimate of drug-likeness (QED) is 0.617. The molecule has 0 saturated carbocycles. The van der Waals surface area contributed by atoms with Gasteiger partial charge in [-0.15, -0.1) is 0 Å². The molecule has 0 amide bonds. The molecule has 0 bridgehead atoms. The molecule has 1 heterocycles. The Balaban J connectivity index is 2.05. The zero-order chi connectivity index (χ0) is 14.0. The minimum Gasteiger partial charge on any atom is -0.453 e. The van der Waals surface area contributed by atoms with E-state index >= 15 is 0 Å². The van der Waals surface area contributed by atoms with Gasteiger partial charge in [0.1, 0.15) is 0 Å². The van der Waals surface area contributed by atoms with E-state index in [1.54, 1.807) is 0 Å². The van der Waals surface area contributed by atoms with Crippen LogP contribution in [0.1, 0.15) is 28.8 Å². The lowest BCUT2D eigenvalue weighted by atomic mass is 9.85. The zero-order valence-corrected chi connectivity index (χ0v) is 12.5. The van der Waals surface area contributed by atoms with Gasteiger partial charge < -0.3 is 4.74 Å². The Bertz CT molecular complexity index is 597. The fourth-order valence-electron chi connectivity index (χ4n) is 2.73. The first kappa shape index (κ1) is 13.4. The molecule has 20 heavy (non-hydrogen) atoms. The second kappa shape index (κ2) is 5.41. The molecule has 0 N–H and O–H groups in total. The van der Waals surface area contributed by atoms with Gasteiger partial charge in [-0.2, -0.15) is 0 Å². The third-order valence-corrected chi connectivity index (χ3v) is 5.03. The maximum Gasteiger partial charge on any atom is 0.306 e. The van der Waals surface area contributed by atoms with E-state index in [2.05, 4.69) is 28.1 Å². The number of carbonyl (C=O) groups is 1. The Morgan fingerprint density at radius 3 is 2.15 bits per heavy atom. The SMILES string of the molecule is O=C1CC[C@](c2ccccc2)([C@@H](Br)c2ccccc2)O1. The predicted molar refractivity (Wildman–Crippen MR) is 81.6 cm³/mol. The molecule has 2 atom stereocenters. The first-order chi connectivity index (χ1) is 9.72. The van der Waals surface area contributed by atoms with Gasteiger partial charge in [0, 0.05) is 12.8 Å². The average Bonchev–Trinajstić information content (AvgIpc) is 2.92. The Hall–Kier alpha value is -1.61. The lowest BCUT2D eigenvalue weighted by molar-refractivity contribution is -0.149. The number of carbonyl (C=O) groups excluding carboxylic acids is 1. The van der Waals surface area contributed by atoms with Crippen LogP contribution in [-0.2, 0) is 15.1 Å². The van der Waals surface area contributed by atoms with E-state index in [0.29, 0.717) is 12.8 Å². The van der Waals surface area contributed by atoms with E-state index in [1.807, 2.05) is 48.5 Å². The number of benzene rings is 2. The number of rotatable bonds is 3. The topological polar surface area (TPSA) is 26.3 Å². The number of alkyl halides is 1. The fourth-order valence-corrected chi connectivity index (χ4v) is 3.62. The van der Waals surface area contributed by atoms with Crippen LogP contribution < -0.4 is 0 Å². The van der Waals surface area contributed by atoms with Gasteiger partial charge in [0.05, 0.1) is 4.83 Å². The molecule has 1 aliphatic rings. The van der Waals surface area contributed by atoms with Gasteiger partial charge in [-0.1, -0.05) is 76.6 Å². The maximum absolute atomic E-state index is 11.7. The van der Waals surface area contributed by atoms with Crippen molar-refractivity contribution in [3.05, 3.63) is 71.8 Å². The summed E-state index contributed by atoms with van der Waals surface area (Å²) in [5.74, 6) is -0.130. The molecule has 2 aromatic carbocycles. The normalized spacial score (nSPS) is 23.4. The molecule has 0 aliphatic carbocycles. The zero-order valence-electron chi connectivity index (χ0n) is 11.0. The van der Waals surface area contributed by atoms with Gasteiger partial charge in [0.25, 0.3) is 0 Å². The van der Waals surface area contributed by atoms with Gasteiger partial charge in [-0.3, -0.25) is 4.79 Å². The molecular weight excluding hydrogens is 316 g/mol. The highest BCUT2D eigenvalue weighted by atomic mass is 79.9. The summed E-state index contributed by atoms with van der Waals surface area (Å²) in [5, 5.41) is 0. The highest BCUT2D eigenvalue weighted by molar-refractivity contribution is 9.09. The second-order valence-corrected chi connectivity index (χ2v) is 5.92. The summed E-state index contributed by atoms with van der Waals surface area (Å²) in [5.41, 5.74) is 1.54. The largest absolute Gasteiger partial charge is 0.453 e. The lowest BCUT2D eigenvalue weighted by Gasteiger charge is -2.33. The minimum atomic E-state index is -0.611. The van der Waals surface area contributed by atoms with Crippen LogP contribution in [0.5, 0.6) is 0 Å². The smallest absolute Gasteiger partial charge is 0.306 e. The van der Waals surface area contributed by atoms with Crippen molar-refractivity contribution >= 4 is 21.9 Å². The van der Waals surface area contributed by atoms with Gasteiger partial charge in [-0.25, -0.2) is 0 Å². The van der Waals surface area contributed by atoms with Gasteiger partial charge >= 0.3 is 5.97 Å². The summed E-state index contributed by atoms with van der Waals surface area (Å²) in [6.45, 7) is 0. The molecular formula is C17H15BrO2. The van der Waals surface area contributed by atoms with Gasteiger partial charge in [0.15, 0.2) is 5.60 Å². The van der Waals surface area contributed by atoms with Crippen molar-refractivity contribution in [2.45, 2.75) is 23.3 Å². The number of esters is 1. The van der Waals surface area contributed by atoms with E-state index in [1.165, 1.54) is 0 Å². The Labute approximate surface area is 126 Å². The molecule has 0 spiro atoms. The van der Waals surface area contributed by atoms with Crippen molar-refractivity contribution in [2.75, 3.05) is 0 Å². The summed E-state index contributed by atoms with van der Waals surface area (Å²) in [6.07, 6.45) is 1.16. The molecule has 0 unspecified atom stereocenters. The number of hydrogen-bond acceptors (Lipinski definition) is 2. The minimum absolute atomic E-state index is 0.0509. The standard InChI is InChI=1S/C17H15BrO2/c18-16(13-7-3-1-4-8-13)17(12-11-15(19)20-17)14-9-5-2-6-10-14/h1-10,16H,11-12H2/t16-,17-/m0/s1. The maximum atomic E-state index is 11.7. The van der Waals surface area contributed by atoms with E-state index in [9.17, 15) is 4.79 Å². The Morgan fingerprint density at radius 1 is 1.00 bits per heavy atom. The van der Waals surface area contributed by atoms with Crippen LogP contribution in [0.2, 0.25) is 0 Å². The molecule has 1 aliphatic heterocycles. The number of cyclic esters (lactones) is 1. The second-order valence-electron chi connectivity index (χ2n) is 5.00. The van der Waals surface area contributed by atoms with Crippen LogP contribution in [0.3, 0.4) is 0 Å². The van der Waals surface area contributed by atoms with Gasteiger partial charge in [-0.05, 0) is 11.1 Å². The first-order valence-electron chi connectivity index (χ1n) is 6.69. The van der Waals surface area contributed by atoms with Crippen molar-refractivity contribution in [3.63, 3.8) is 0 Å².